The third-order valence-corrected chi connectivity index (χ3v) is 5.64. The summed E-state index contributed by atoms with van der Waals surface area (Å²) in [7, 11) is 0. The van der Waals surface area contributed by atoms with Crippen molar-refractivity contribution in [2.24, 2.45) is 0 Å². The fourth-order valence-electron chi connectivity index (χ4n) is 3.78. The van der Waals surface area contributed by atoms with Crippen LogP contribution in [0.25, 0.3) is 33.4 Å². The number of hydrogen-bond acceptors (Lipinski definition) is 0. The van der Waals surface area contributed by atoms with Gasteiger partial charge in [0.05, 0.1) is 0 Å². The van der Waals surface area contributed by atoms with Gasteiger partial charge in [-0.1, -0.05) is 182 Å². The summed E-state index contributed by atoms with van der Waals surface area (Å²) >= 11 is 0. The molecule has 0 aliphatic rings. The average molecular weight is 515 g/mol. The Morgan fingerprint density at radius 3 is 0.378 bits per heavy atom. The van der Waals surface area contributed by atoms with Crippen molar-refractivity contribution >= 4 is 0 Å². The van der Waals surface area contributed by atoms with Crippen molar-refractivity contribution in [3.8, 4) is 33.4 Å². The van der Waals surface area contributed by atoms with Gasteiger partial charge >= 0.3 is 0 Å². The van der Waals surface area contributed by atoms with Crippen LogP contribution in [0.3, 0.4) is 0 Å². The minimum Gasteiger partial charge on any atom is -0.0622 e. The van der Waals surface area contributed by atoms with E-state index in [2.05, 4.69) is 146 Å². The van der Waals surface area contributed by atoms with E-state index >= 15 is 0 Å². The molecule has 6 aromatic rings. The summed E-state index contributed by atoms with van der Waals surface area (Å²) in [5, 5.41) is 0. The fourth-order valence-corrected chi connectivity index (χ4v) is 3.78. The molecular weight excluding hydrogens is 484 g/mol. The first-order valence-corrected chi connectivity index (χ1v) is 12.2. The molecule has 37 heavy (non-hydrogen) atoms. The van der Waals surface area contributed by atoms with Crippen molar-refractivity contribution in [1.82, 2.24) is 0 Å². The van der Waals surface area contributed by atoms with Crippen LogP contribution in [0.5, 0.6) is 0 Å². The molecule has 0 aliphatic carbocycles. The molecule has 0 N–H and O–H groups in total. The first-order valence-electron chi connectivity index (χ1n) is 12.2. The first-order chi connectivity index (χ1) is 17.9. The molecule has 0 amide bonds. The molecule has 0 nitrogen and oxygen atoms in total. The van der Waals surface area contributed by atoms with Crippen molar-refractivity contribution in [2.45, 2.75) is 0 Å². The molecule has 0 fully saturated rings. The Morgan fingerprint density at radius 2 is 0.270 bits per heavy atom. The van der Waals surface area contributed by atoms with Crippen LogP contribution in [0.2, 0.25) is 0 Å². The quantitative estimate of drug-likeness (QED) is 0.220. The van der Waals surface area contributed by atoms with Crippen LogP contribution in [-0.2, 0) is 17.4 Å². The van der Waals surface area contributed by atoms with Gasteiger partial charge in [0.1, 0.15) is 0 Å². The van der Waals surface area contributed by atoms with E-state index in [1.807, 2.05) is 36.4 Å². The van der Waals surface area contributed by atoms with E-state index in [9.17, 15) is 0 Å². The molecule has 1 heteroatoms. The van der Waals surface area contributed by atoms with E-state index in [4.69, 9.17) is 0 Å². The zero-order chi connectivity index (χ0) is 24.7. The zero-order valence-corrected chi connectivity index (χ0v) is 22.0. The third-order valence-electron chi connectivity index (χ3n) is 5.64. The van der Waals surface area contributed by atoms with Crippen molar-refractivity contribution in [3.63, 3.8) is 0 Å². The summed E-state index contributed by atoms with van der Waals surface area (Å²) < 4.78 is 0. The summed E-state index contributed by atoms with van der Waals surface area (Å²) in [4.78, 5) is 0. The molecular formula is C36H30Cr. The number of hydrogen-bond donors (Lipinski definition) is 0. The molecule has 0 radical (unpaired) electrons. The van der Waals surface area contributed by atoms with E-state index in [-0.39, 0.29) is 17.4 Å². The van der Waals surface area contributed by atoms with Gasteiger partial charge in [-0.05, 0) is 33.4 Å². The Balaban J connectivity index is 0.000000152. The van der Waals surface area contributed by atoms with Crippen LogP contribution in [-0.4, -0.2) is 0 Å². The summed E-state index contributed by atoms with van der Waals surface area (Å²) in [6.07, 6.45) is 0. The van der Waals surface area contributed by atoms with Gasteiger partial charge < -0.3 is 0 Å². The zero-order valence-electron chi connectivity index (χ0n) is 20.7. The summed E-state index contributed by atoms with van der Waals surface area (Å²) in [5.41, 5.74) is 7.66. The second kappa shape index (κ2) is 15.8. The minimum absolute atomic E-state index is 0. The minimum atomic E-state index is 0. The second-order valence-corrected chi connectivity index (χ2v) is 8.20. The van der Waals surface area contributed by atoms with Gasteiger partial charge in [-0.2, -0.15) is 0 Å². The molecule has 6 rings (SSSR count). The maximum Gasteiger partial charge on any atom is 0 e. The first kappa shape index (κ1) is 27.4. The van der Waals surface area contributed by atoms with Gasteiger partial charge in [0.2, 0.25) is 0 Å². The molecule has 6 aromatic carbocycles. The maximum absolute atomic E-state index is 2.12. The van der Waals surface area contributed by atoms with Crippen LogP contribution in [0.1, 0.15) is 0 Å². The molecule has 180 valence electrons. The summed E-state index contributed by atoms with van der Waals surface area (Å²) in [6.45, 7) is 0. The third kappa shape index (κ3) is 9.10. The Hall–Kier alpha value is -4.15. The largest absolute Gasteiger partial charge is 0.0622 e. The Kier molecular flexibility index (Phi) is 11.7. The molecule has 0 saturated carbocycles. The fraction of sp³-hybridized carbons (Fsp3) is 0. The second-order valence-electron chi connectivity index (χ2n) is 8.20. The summed E-state index contributed by atoms with van der Waals surface area (Å²) in [5.74, 6) is 0. The van der Waals surface area contributed by atoms with E-state index in [1.165, 1.54) is 33.4 Å². The molecule has 0 unspecified atom stereocenters. The molecule has 0 saturated heterocycles. The average Bonchev–Trinajstić information content (AvgIpc) is 3.01. The van der Waals surface area contributed by atoms with Crippen LogP contribution in [0, 0.1) is 0 Å². The van der Waals surface area contributed by atoms with Crippen LogP contribution >= 0.6 is 0 Å². The molecule has 0 aromatic heterocycles. The molecule has 0 aliphatic heterocycles. The van der Waals surface area contributed by atoms with Gasteiger partial charge in [0, 0.05) is 17.4 Å². The monoisotopic (exact) mass is 514 g/mol. The van der Waals surface area contributed by atoms with Crippen molar-refractivity contribution in [3.05, 3.63) is 182 Å². The molecule has 0 spiro atoms. The topological polar surface area (TPSA) is 0 Å². The standard InChI is InChI=1S/3C12H10.Cr/c3*1-3-7-11(8-4-1)12-9-5-2-6-10-12;/h3*1-10H;. The van der Waals surface area contributed by atoms with Gasteiger partial charge in [0.25, 0.3) is 0 Å². The Morgan fingerprint density at radius 1 is 0.162 bits per heavy atom. The van der Waals surface area contributed by atoms with E-state index in [0.29, 0.717) is 0 Å². The van der Waals surface area contributed by atoms with Crippen molar-refractivity contribution < 1.29 is 17.4 Å². The van der Waals surface area contributed by atoms with Crippen LogP contribution in [0.4, 0.5) is 0 Å². The van der Waals surface area contributed by atoms with Gasteiger partial charge in [-0.25, -0.2) is 0 Å². The number of benzene rings is 6. The number of rotatable bonds is 3. The Bertz CT molecular complexity index is 1080. The predicted molar refractivity (Wildman–Crippen MR) is 156 cm³/mol. The van der Waals surface area contributed by atoms with Gasteiger partial charge in [-0.3, -0.25) is 0 Å². The van der Waals surface area contributed by atoms with Crippen LogP contribution in [0.15, 0.2) is 182 Å². The Labute approximate surface area is 232 Å². The van der Waals surface area contributed by atoms with Crippen molar-refractivity contribution in [1.29, 1.82) is 0 Å². The predicted octanol–water partition coefficient (Wildman–Crippen LogP) is 10.1. The van der Waals surface area contributed by atoms with Gasteiger partial charge in [-0.15, -0.1) is 0 Å². The SMILES string of the molecule is [Cr].c1ccc(-c2ccccc2)cc1.c1ccc(-c2ccccc2)cc1.c1ccc(-c2ccccc2)cc1. The van der Waals surface area contributed by atoms with Crippen LogP contribution < -0.4 is 0 Å². The maximum atomic E-state index is 2.12. The smallest absolute Gasteiger partial charge is 0 e. The van der Waals surface area contributed by atoms with E-state index in [1.54, 1.807) is 0 Å². The molecule has 0 bridgehead atoms. The summed E-state index contributed by atoms with van der Waals surface area (Å²) in [6, 6.07) is 62.3. The molecule has 0 heterocycles. The van der Waals surface area contributed by atoms with E-state index < -0.39 is 0 Å². The molecule has 0 atom stereocenters. The van der Waals surface area contributed by atoms with E-state index in [0.717, 1.165) is 0 Å². The van der Waals surface area contributed by atoms with Gasteiger partial charge in [0.15, 0.2) is 0 Å². The normalized spacial score (nSPS) is 9.41. The van der Waals surface area contributed by atoms with Crippen molar-refractivity contribution in [2.75, 3.05) is 0 Å².